The number of sulfonamides is 1. The van der Waals surface area contributed by atoms with Gasteiger partial charge in [-0.2, -0.15) is 0 Å². The summed E-state index contributed by atoms with van der Waals surface area (Å²) in [6, 6.07) is 5.27. The summed E-state index contributed by atoms with van der Waals surface area (Å²) in [7, 11) is -3.55. The number of aryl methyl sites for hydroxylation is 1. The maximum atomic E-state index is 11.8. The molecule has 1 rings (SSSR count). The van der Waals surface area contributed by atoms with E-state index < -0.39 is 10.0 Å². The summed E-state index contributed by atoms with van der Waals surface area (Å²) in [5, 5.41) is 10.5. The Bertz CT molecular complexity index is 555. The van der Waals surface area contributed by atoms with Crippen LogP contribution in [0.25, 0.3) is 0 Å². The average Bonchev–Trinajstić information content (AvgIpc) is 2.30. The smallest absolute Gasteiger partial charge is 0.251 e. The van der Waals surface area contributed by atoms with Crippen LogP contribution in [0.4, 0.5) is 5.69 Å². The number of rotatable bonds is 6. The van der Waals surface area contributed by atoms with E-state index in [0.717, 1.165) is 17.8 Å². The first-order valence-corrected chi connectivity index (χ1v) is 7.68. The number of nitrogens with two attached hydrogens (primary N) is 1. The van der Waals surface area contributed by atoms with Crippen molar-refractivity contribution >= 4 is 21.6 Å². The monoisotopic (exact) mass is 285 g/mol. The van der Waals surface area contributed by atoms with Crippen molar-refractivity contribution in [1.82, 2.24) is 5.32 Å². The van der Waals surface area contributed by atoms with Crippen molar-refractivity contribution < 1.29 is 13.2 Å². The van der Waals surface area contributed by atoms with Gasteiger partial charge < -0.3 is 10.6 Å². The Morgan fingerprint density at radius 1 is 1.37 bits per heavy atom. The number of carbonyl (C=O) groups excluding carboxylic acids is 1. The fraction of sp³-hybridized carbons (Fsp3) is 0.417. The zero-order chi connectivity index (χ0) is 14.5. The van der Waals surface area contributed by atoms with Gasteiger partial charge in [0.1, 0.15) is 0 Å². The molecule has 0 radical (unpaired) electrons. The predicted octanol–water partition coefficient (Wildman–Crippen LogP) is 0.445. The minimum Gasteiger partial charge on any atom is -0.385 e. The SMILES string of the molecule is CCNc1ccc(C(=O)NCCS(N)(=O)=O)cc1C. The molecule has 0 saturated carbocycles. The highest BCUT2D eigenvalue weighted by atomic mass is 32.2. The first-order valence-electron chi connectivity index (χ1n) is 5.96. The standard InChI is InChI=1S/C12H19N3O3S/c1-3-14-11-5-4-10(8-9(11)2)12(16)15-6-7-19(13,17)18/h4-5,8,14H,3,6-7H2,1-2H3,(H,15,16)(H2,13,17,18). The molecule has 106 valence electrons. The summed E-state index contributed by atoms with van der Waals surface area (Å²) >= 11 is 0. The third kappa shape index (κ3) is 5.27. The highest BCUT2D eigenvalue weighted by molar-refractivity contribution is 7.89. The molecule has 0 spiro atoms. The van der Waals surface area contributed by atoms with Gasteiger partial charge in [-0.05, 0) is 37.6 Å². The fourth-order valence-electron chi connectivity index (χ4n) is 1.60. The lowest BCUT2D eigenvalue weighted by atomic mass is 10.1. The van der Waals surface area contributed by atoms with E-state index in [4.69, 9.17) is 5.14 Å². The van der Waals surface area contributed by atoms with Gasteiger partial charge in [0.05, 0.1) is 5.75 Å². The molecule has 0 fully saturated rings. The number of anilines is 1. The summed E-state index contributed by atoms with van der Waals surface area (Å²) in [5.74, 6) is -0.581. The largest absolute Gasteiger partial charge is 0.385 e. The van der Waals surface area contributed by atoms with Crippen molar-refractivity contribution in [2.75, 3.05) is 24.2 Å². The molecule has 1 aromatic rings. The Morgan fingerprint density at radius 2 is 2.05 bits per heavy atom. The van der Waals surface area contributed by atoms with Crippen molar-refractivity contribution in [1.29, 1.82) is 0 Å². The fourth-order valence-corrected chi connectivity index (χ4v) is 1.99. The van der Waals surface area contributed by atoms with Crippen molar-refractivity contribution in [2.24, 2.45) is 5.14 Å². The Hall–Kier alpha value is -1.60. The van der Waals surface area contributed by atoms with Crippen LogP contribution in [0.1, 0.15) is 22.8 Å². The molecule has 1 amide bonds. The second-order valence-corrected chi connectivity index (χ2v) is 5.92. The Labute approximate surface area is 113 Å². The van der Waals surface area contributed by atoms with Gasteiger partial charge in [0, 0.05) is 24.3 Å². The minimum absolute atomic E-state index is 0.00563. The summed E-state index contributed by atoms with van der Waals surface area (Å²) in [4.78, 5) is 11.8. The quantitative estimate of drug-likeness (QED) is 0.706. The van der Waals surface area contributed by atoms with E-state index in [9.17, 15) is 13.2 Å². The highest BCUT2D eigenvalue weighted by Crippen LogP contribution is 2.16. The van der Waals surface area contributed by atoms with E-state index >= 15 is 0 Å². The second kappa shape index (κ2) is 6.53. The molecular formula is C12H19N3O3S. The van der Waals surface area contributed by atoms with E-state index in [1.165, 1.54) is 0 Å². The van der Waals surface area contributed by atoms with Crippen molar-refractivity contribution in [3.05, 3.63) is 29.3 Å². The van der Waals surface area contributed by atoms with E-state index in [0.29, 0.717) is 5.56 Å². The van der Waals surface area contributed by atoms with Crippen LogP contribution in [0.5, 0.6) is 0 Å². The number of hydrogen-bond donors (Lipinski definition) is 3. The van der Waals surface area contributed by atoms with Gasteiger partial charge in [-0.25, -0.2) is 13.6 Å². The topological polar surface area (TPSA) is 101 Å². The highest BCUT2D eigenvalue weighted by Gasteiger charge is 2.09. The van der Waals surface area contributed by atoms with Gasteiger partial charge in [-0.3, -0.25) is 4.79 Å². The summed E-state index contributed by atoms with van der Waals surface area (Å²) in [6.45, 7) is 4.71. The number of primary sulfonamides is 1. The number of carbonyl (C=O) groups is 1. The summed E-state index contributed by atoms with van der Waals surface area (Å²) in [6.07, 6.45) is 0. The minimum atomic E-state index is -3.55. The number of amides is 1. The molecule has 0 heterocycles. The summed E-state index contributed by atoms with van der Waals surface area (Å²) in [5.41, 5.74) is 2.43. The van der Waals surface area contributed by atoms with Crippen LogP contribution in [-0.4, -0.2) is 33.2 Å². The van der Waals surface area contributed by atoms with Crippen LogP contribution >= 0.6 is 0 Å². The molecule has 0 aliphatic carbocycles. The van der Waals surface area contributed by atoms with Gasteiger partial charge in [0.15, 0.2) is 0 Å². The maximum Gasteiger partial charge on any atom is 0.251 e. The predicted molar refractivity (Wildman–Crippen MR) is 75.7 cm³/mol. The van der Waals surface area contributed by atoms with Gasteiger partial charge in [0.25, 0.3) is 5.91 Å². The number of nitrogens with one attached hydrogen (secondary N) is 2. The molecule has 0 unspecified atom stereocenters. The molecule has 0 saturated heterocycles. The number of hydrogen-bond acceptors (Lipinski definition) is 4. The van der Waals surface area contributed by atoms with E-state index in [1.807, 2.05) is 19.9 Å². The van der Waals surface area contributed by atoms with Gasteiger partial charge in [-0.1, -0.05) is 0 Å². The molecule has 1 aromatic carbocycles. The first-order chi connectivity index (χ1) is 8.83. The van der Waals surface area contributed by atoms with E-state index in [1.54, 1.807) is 12.1 Å². The number of benzene rings is 1. The Balaban J connectivity index is 2.65. The molecule has 0 atom stereocenters. The molecular weight excluding hydrogens is 266 g/mol. The first kappa shape index (κ1) is 15.5. The lowest BCUT2D eigenvalue weighted by molar-refractivity contribution is 0.0956. The Morgan fingerprint density at radius 3 is 2.58 bits per heavy atom. The zero-order valence-electron chi connectivity index (χ0n) is 11.1. The van der Waals surface area contributed by atoms with Gasteiger partial charge in [-0.15, -0.1) is 0 Å². The zero-order valence-corrected chi connectivity index (χ0v) is 11.9. The molecule has 0 aromatic heterocycles. The molecule has 0 aliphatic rings. The van der Waals surface area contributed by atoms with Crippen molar-refractivity contribution in [3.63, 3.8) is 0 Å². The maximum absolute atomic E-state index is 11.8. The third-order valence-corrected chi connectivity index (χ3v) is 3.30. The van der Waals surface area contributed by atoms with E-state index in [-0.39, 0.29) is 18.2 Å². The van der Waals surface area contributed by atoms with Crippen LogP contribution in [0, 0.1) is 6.92 Å². The van der Waals surface area contributed by atoms with Crippen molar-refractivity contribution in [3.8, 4) is 0 Å². The van der Waals surface area contributed by atoms with Gasteiger partial charge in [0.2, 0.25) is 10.0 Å². The lowest BCUT2D eigenvalue weighted by Gasteiger charge is -2.10. The van der Waals surface area contributed by atoms with Crippen LogP contribution < -0.4 is 15.8 Å². The normalized spacial score (nSPS) is 11.1. The molecule has 0 bridgehead atoms. The van der Waals surface area contributed by atoms with Crippen LogP contribution in [0.3, 0.4) is 0 Å². The molecule has 6 nitrogen and oxygen atoms in total. The molecule has 0 aliphatic heterocycles. The lowest BCUT2D eigenvalue weighted by Crippen LogP contribution is -2.31. The third-order valence-electron chi connectivity index (χ3n) is 2.53. The average molecular weight is 285 g/mol. The van der Waals surface area contributed by atoms with Crippen LogP contribution in [-0.2, 0) is 10.0 Å². The van der Waals surface area contributed by atoms with Gasteiger partial charge >= 0.3 is 0 Å². The molecule has 4 N–H and O–H groups in total. The second-order valence-electron chi connectivity index (χ2n) is 4.18. The summed E-state index contributed by atoms with van der Waals surface area (Å²) < 4.78 is 21.5. The molecule has 7 heteroatoms. The Kier molecular flexibility index (Phi) is 5.31. The van der Waals surface area contributed by atoms with Crippen molar-refractivity contribution in [2.45, 2.75) is 13.8 Å². The van der Waals surface area contributed by atoms with E-state index in [2.05, 4.69) is 10.6 Å². The van der Waals surface area contributed by atoms with Crippen LogP contribution in [0.15, 0.2) is 18.2 Å². The van der Waals surface area contributed by atoms with Crippen LogP contribution in [0.2, 0.25) is 0 Å². The molecule has 19 heavy (non-hydrogen) atoms.